The second kappa shape index (κ2) is 9.70. The summed E-state index contributed by atoms with van der Waals surface area (Å²) in [5.41, 5.74) is 4.51. The number of thiazole rings is 1. The maximum Gasteiger partial charge on any atom is 0.266 e. The fourth-order valence-electron chi connectivity index (χ4n) is 3.41. The second-order valence-corrected chi connectivity index (χ2v) is 8.53. The van der Waals surface area contributed by atoms with E-state index < -0.39 is 0 Å². The predicted molar refractivity (Wildman–Crippen MR) is 128 cm³/mol. The van der Waals surface area contributed by atoms with Crippen molar-refractivity contribution in [2.45, 2.75) is 26.8 Å². The zero-order valence-electron chi connectivity index (χ0n) is 18.0. The molecule has 1 N–H and O–H groups in total. The van der Waals surface area contributed by atoms with Gasteiger partial charge in [0.25, 0.3) is 5.56 Å². The summed E-state index contributed by atoms with van der Waals surface area (Å²) in [6.07, 6.45) is 0.317. The first-order valence-corrected chi connectivity index (χ1v) is 11.3. The van der Waals surface area contributed by atoms with E-state index in [9.17, 15) is 9.59 Å². The number of benzene rings is 2. The number of carbonyl (C=O) groups excluding carboxylic acids is 1. The number of rotatable bonds is 7. The predicted octanol–water partition coefficient (Wildman–Crippen LogP) is 4.01. The highest BCUT2D eigenvalue weighted by Gasteiger charge is 2.14. The lowest BCUT2D eigenvalue weighted by Gasteiger charge is -2.09. The third-order valence-corrected chi connectivity index (χ3v) is 6.40. The first kappa shape index (κ1) is 21.6. The molecule has 7 heteroatoms. The van der Waals surface area contributed by atoms with Gasteiger partial charge in [-0.25, -0.2) is 9.67 Å². The highest BCUT2D eigenvalue weighted by Crippen LogP contribution is 2.33. The van der Waals surface area contributed by atoms with Crippen molar-refractivity contribution in [3.8, 4) is 21.1 Å². The molecule has 4 rings (SSSR count). The summed E-state index contributed by atoms with van der Waals surface area (Å²) in [6.45, 7) is 4.57. The van der Waals surface area contributed by atoms with Crippen molar-refractivity contribution in [1.82, 2.24) is 20.1 Å². The Morgan fingerprint density at radius 1 is 1.00 bits per heavy atom. The van der Waals surface area contributed by atoms with Crippen molar-refractivity contribution in [3.05, 3.63) is 93.9 Å². The summed E-state index contributed by atoms with van der Waals surface area (Å²) in [5.74, 6) is -0.0747. The van der Waals surface area contributed by atoms with E-state index in [1.165, 1.54) is 10.7 Å². The molecule has 0 fully saturated rings. The van der Waals surface area contributed by atoms with Gasteiger partial charge < -0.3 is 5.32 Å². The fraction of sp³-hybridized carbons (Fsp3) is 0.200. The van der Waals surface area contributed by atoms with Crippen LogP contribution in [0, 0.1) is 13.8 Å². The zero-order chi connectivity index (χ0) is 22.5. The lowest BCUT2D eigenvalue weighted by Crippen LogP contribution is -2.32. The van der Waals surface area contributed by atoms with Gasteiger partial charge in [-0.15, -0.1) is 11.3 Å². The number of hydrogen-bond donors (Lipinski definition) is 1. The molecule has 4 aromatic rings. The van der Waals surface area contributed by atoms with E-state index in [0.717, 1.165) is 32.3 Å². The van der Waals surface area contributed by atoms with Crippen LogP contribution < -0.4 is 10.9 Å². The Morgan fingerprint density at radius 3 is 2.53 bits per heavy atom. The van der Waals surface area contributed by atoms with E-state index in [0.29, 0.717) is 25.2 Å². The normalized spacial score (nSPS) is 10.8. The quantitative estimate of drug-likeness (QED) is 0.467. The number of nitrogens with one attached hydrogen (secondary N) is 1. The minimum Gasteiger partial charge on any atom is -0.354 e. The molecule has 0 saturated carbocycles. The van der Waals surface area contributed by atoms with E-state index in [4.69, 9.17) is 0 Å². The van der Waals surface area contributed by atoms with Crippen LogP contribution in [0.4, 0.5) is 0 Å². The van der Waals surface area contributed by atoms with Gasteiger partial charge in [0.2, 0.25) is 5.91 Å². The maximum absolute atomic E-state index is 12.3. The smallest absolute Gasteiger partial charge is 0.266 e. The summed E-state index contributed by atoms with van der Waals surface area (Å²) < 4.78 is 1.39. The molecule has 0 aliphatic rings. The Labute approximate surface area is 190 Å². The van der Waals surface area contributed by atoms with Gasteiger partial charge in [-0.05, 0) is 31.0 Å². The molecule has 0 aliphatic heterocycles. The lowest BCUT2D eigenvalue weighted by molar-refractivity contribution is -0.120. The Balaban J connectivity index is 1.44. The molecule has 0 atom stereocenters. The average molecular weight is 445 g/mol. The average Bonchev–Trinajstić information content (AvgIpc) is 3.19. The van der Waals surface area contributed by atoms with Gasteiger partial charge in [0.05, 0.1) is 23.5 Å². The topological polar surface area (TPSA) is 76.9 Å². The van der Waals surface area contributed by atoms with Gasteiger partial charge in [-0.3, -0.25) is 9.59 Å². The van der Waals surface area contributed by atoms with Gasteiger partial charge in [0.1, 0.15) is 10.7 Å². The molecule has 2 aromatic carbocycles. The third kappa shape index (κ3) is 5.00. The molecule has 6 nitrogen and oxygen atoms in total. The molecule has 2 aromatic heterocycles. The number of aromatic nitrogens is 3. The van der Waals surface area contributed by atoms with Gasteiger partial charge in [0.15, 0.2) is 0 Å². The van der Waals surface area contributed by atoms with Crippen molar-refractivity contribution in [2.75, 3.05) is 6.54 Å². The molecule has 0 bridgehead atoms. The molecular weight excluding hydrogens is 420 g/mol. The first-order chi connectivity index (χ1) is 15.5. The standard InChI is InChI=1S/C25H24N4O2S/c1-17-8-6-7-11-20(17)16-22(30)26-14-15-29-23(31)13-12-21(28-29)24-18(2)27-25(32-24)19-9-4-3-5-10-19/h3-13H,14-16H2,1-2H3,(H,26,30). The summed E-state index contributed by atoms with van der Waals surface area (Å²) in [6, 6.07) is 21.0. The second-order valence-electron chi connectivity index (χ2n) is 7.53. The van der Waals surface area contributed by atoms with Crippen LogP contribution in [-0.2, 0) is 17.8 Å². The highest BCUT2D eigenvalue weighted by molar-refractivity contribution is 7.18. The summed E-state index contributed by atoms with van der Waals surface area (Å²) in [7, 11) is 0. The molecule has 2 heterocycles. The molecule has 1 amide bonds. The summed E-state index contributed by atoms with van der Waals surface area (Å²) in [4.78, 5) is 30.2. The number of carbonyl (C=O) groups is 1. The van der Waals surface area contributed by atoms with Crippen LogP contribution in [-0.4, -0.2) is 27.2 Å². The van der Waals surface area contributed by atoms with Crippen LogP contribution in [0.2, 0.25) is 0 Å². The van der Waals surface area contributed by atoms with Crippen LogP contribution in [0.15, 0.2) is 71.5 Å². The molecule has 0 saturated heterocycles. The first-order valence-electron chi connectivity index (χ1n) is 10.4. The Bertz CT molecular complexity index is 1290. The van der Waals surface area contributed by atoms with Crippen LogP contribution in [0.3, 0.4) is 0 Å². The Hall–Kier alpha value is -3.58. The zero-order valence-corrected chi connectivity index (χ0v) is 18.9. The van der Waals surface area contributed by atoms with E-state index in [2.05, 4.69) is 15.4 Å². The van der Waals surface area contributed by atoms with Crippen LogP contribution >= 0.6 is 11.3 Å². The minimum absolute atomic E-state index is 0.0747. The Morgan fingerprint density at radius 2 is 1.75 bits per heavy atom. The number of hydrogen-bond acceptors (Lipinski definition) is 5. The van der Waals surface area contributed by atoms with E-state index in [1.807, 2.05) is 68.4 Å². The number of nitrogens with zero attached hydrogens (tertiary/aromatic N) is 3. The van der Waals surface area contributed by atoms with E-state index >= 15 is 0 Å². The maximum atomic E-state index is 12.3. The monoisotopic (exact) mass is 444 g/mol. The summed E-state index contributed by atoms with van der Waals surface area (Å²) >= 11 is 1.55. The van der Waals surface area contributed by atoms with Crippen molar-refractivity contribution in [1.29, 1.82) is 0 Å². The molecule has 0 spiro atoms. The molecule has 32 heavy (non-hydrogen) atoms. The Kier molecular flexibility index (Phi) is 6.56. The van der Waals surface area contributed by atoms with Gasteiger partial charge in [0, 0.05) is 18.2 Å². The van der Waals surface area contributed by atoms with Crippen molar-refractivity contribution < 1.29 is 4.79 Å². The molecular formula is C25H24N4O2S. The molecule has 0 aliphatic carbocycles. The van der Waals surface area contributed by atoms with Crippen molar-refractivity contribution in [2.24, 2.45) is 0 Å². The van der Waals surface area contributed by atoms with Crippen molar-refractivity contribution in [3.63, 3.8) is 0 Å². The van der Waals surface area contributed by atoms with E-state index in [-0.39, 0.29) is 11.5 Å². The largest absolute Gasteiger partial charge is 0.354 e. The van der Waals surface area contributed by atoms with Gasteiger partial charge in [-0.1, -0.05) is 54.6 Å². The SMILES string of the molecule is Cc1ccccc1CC(=O)NCCn1nc(-c2sc(-c3ccccc3)nc2C)ccc1=O. The molecule has 0 radical (unpaired) electrons. The van der Waals surface area contributed by atoms with Crippen LogP contribution in [0.1, 0.15) is 16.8 Å². The summed E-state index contributed by atoms with van der Waals surface area (Å²) in [5, 5.41) is 8.33. The van der Waals surface area contributed by atoms with Gasteiger partial charge >= 0.3 is 0 Å². The number of amides is 1. The molecule has 0 unspecified atom stereocenters. The minimum atomic E-state index is -0.202. The molecule has 162 valence electrons. The highest BCUT2D eigenvalue weighted by atomic mass is 32.1. The third-order valence-electron chi connectivity index (χ3n) is 5.17. The van der Waals surface area contributed by atoms with Gasteiger partial charge in [-0.2, -0.15) is 5.10 Å². The van der Waals surface area contributed by atoms with E-state index in [1.54, 1.807) is 17.4 Å². The van der Waals surface area contributed by atoms with Crippen LogP contribution in [0.25, 0.3) is 21.1 Å². The van der Waals surface area contributed by atoms with Crippen LogP contribution in [0.5, 0.6) is 0 Å². The fourth-order valence-corrected chi connectivity index (χ4v) is 4.45. The number of aryl methyl sites for hydroxylation is 2. The lowest BCUT2D eigenvalue weighted by atomic mass is 10.1. The van der Waals surface area contributed by atoms with Crippen molar-refractivity contribution >= 4 is 17.2 Å².